The molecule has 1 saturated heterocycles. The van der Waals surface area contributed by atoms with Gasteiger partial charge >= 0.3 is 0 Å². The normalized spacial score (nSPS) is 19.5. The molecule has 0 atom stereocenters. The Kier molecular flexibility index (Phi) is 5.19. The quantitative estimate of drug-likeness (QED) is 0.644. The van der Waals surface area contributed by atoms with Crippen LogP contribution in [0.15, 0.2) is 24.3 Å². The lowest BCUT2D eigenvalue weighted by Gasteiger charge is -2.27. The fraction of sp³-hybridized carbons (Fsp3) is 0.519. The average molecular weight is 415 g/mol. The minimum atomic E-state index is 1.10. The molecule has 0 N–H and O–H groups in total. The third-order valence-electron chi connectivity index (χ3n) is 7.51. The van der Waals surface area contributed by atoms with E-state index in [2.05, 4.69) is 50.8 Å². The minimum Gasteiger partial charge on any atom is -0.369 e. The van der Waals surface area contributed by atoms with Gasteiger partial charge in [0, 0.05) is 35.6 Å². The van der Waals surface area contributed by atoms with E-state index in [4.69, 9.17) is 4.98 Å². The van der Waals surface area contributed by atoms with Gasteiger partial charge in [0.2, 0.25) is 0 Å². The summed E-state index contributed by atoms with van der Waals surface area (Å²) in [5.41, 5.74) is 5.18. The molecule has 0 amide bonds. The lowest BCUT2D eigenvalue weighted by atomic mass is 10.1. The van der Waals surface area contributed by atoms with Crippen LogP contribution in [-0.2, 0) is 6.54 Å². The summed E-state index contributed by atoms with van der Waals surface area (Å²) in [6.07, 6.45) is 15.2. The van der Waals surface area contributed by atoms with E-state index in [1.165, 1.54) is 90.8 Å². The first kappa shape index (κ1) is 19.4. The molecule has 4 nitrogen and oxygen atoms in total. The number of hydrogen-bond donors (Lipinski definition) is 0. The molecule has 3 aromatic rings. The summed E-state index contributed by atoms with van der Waals surface area (Å²) in [5, 5.41) is 4.11. The van der Waals surface area contributed by atoms with E-state index in [-0.39, 0.29) is 0 Å². The van der Waals surface area contributed by atoms with Crippen LogP contribution in [0.4, 0.5) is 5.69 Å². The molecule has 4 heterocycles. The maximum Gasteiger partial charge on any atom is 0.0985 e. The highest BCUT2D eigenvalue weighted by Gasteiger charge is 2.24. The van der Waals surface area contributed by atoms with Crippen LogP contribution in [0.25, 0.3) is 34.1 Å². The van der Waals surface area contributed by atoms with Crippen LogP contribution < -0.4 is 15.5 Å². The van der Waals surface area contributed by atoms with Gasteiger partial charge in [-0.3, -0.25) is 0 Å². The Bertz CT molecular complexity index is 1210. The van der Waals surface area contributed by atoms with E-state index in [1.54, 1.807) is 0 Å². The van der Waals surface area contributed by atoms with Crippen molar-refractivity contribution in [2.24, 2.45) is 0 Å². The van der Waals surface area contributed by atoms with Crippen LogP contribution in [-0.4, -0.2) is 47.2 Å². The van der Waals surface area contributed by atoms with E-state index in [0.717, 1.165) is 38.0 Å². The highest BCUT2D eigenvalue weighted by atomic mass is 15.2. The van der Waals surface area contributed by atoms with E-state index in [0.29, 0.717) is 0 Å². The molecular formula is C27H34N4. The highest BCUT2D eigenvalue weighted by Crippen LogP contribution is 2.34. The van der Waals surface area contributed by atoms with Gasteiger partial charge in [-0.25, -0.2) is 4.98 Å². The SMILES string of the molecule is C1=c2c(n3c4c(c5ccccc5nc24)N(CCCN2CCCCCC2)CCC3)=CCC1. The van der Waals surface area contributed by atoms with Crippen LogP contribution in [0, 0.1) is 0 Å². The van der Waals surface area contributed by atoms with Crippen molar-refractivity contribution >= 4 is 39.8 Å². The second kappa shape index (κ2) is 8.31. The number of benzene rings is 1. The lowest BCUT2D eigenvalue weighted by molar-refractivity contribution is 0.282. The van der Waals surface area contributed by atoms with Gasteiger partial charge in [0.15, 0.2) is 0 Å². The number of pyridine rings is 1. The number of aromatic nitrogens is 2. The summed E-state index contributed by atoms with van der Waals surface area (Å²) in [7, 11) is 0. The van der Waals surface area contributed by atoms with Gasteiger partial charge in [0.1, 0.15) is 0 Å². The first-order valence-electron chi connectivity index (χ1n) is 12.5. The molecular weight excluding hydrogens is 380 g/mol. The number of para-hydroxylation sites is 1. The molecule has 1 aromatic carbocycles. The van der Waals surface area contributed by atoms with Crippen molar-refractivity contribution in [3.05, 3.63) is 34.8 Å². The van der Waals surface area contributed by atoms with Crippen molar-refractivity contribution in [2.45, 2.75) is 57.9 Å². The van der Waals surface area contributed by atoms with Crippen molar-refractivity contribution < 1.29 is 0 Å². The number of rotatable bonds is 4. The Balaban J connectivity index is 1.42. The molecule has 0 saturated carbocycles. The van der Waals surface area contributed by atoms with Crippen LogP contribution >= 0.6 is 0 Å². The van der Waals surface area contributed by atoms with E-state index >= 15 is 0 Å². The zero-order valence-corrected chi connectivity index (χ0v) is 18.7. The van der Waals surface area contributed by atoms with Crippen LogP contribution in [0.1, 0.15) is 51.4 Å². The molecule has 0 radical (unpaired) electrons. The lowest BCUT2D eigenvalue weighted by Crippen LogP contribution is -2.32. The van der Waals surface area contributed by atoms with Gasteiger partial charge in [-0.05, 0) is 64.2 Å². The predicted molar refractivity (Wildman–Crippen MR) is 131 cm³/mol. The maximum absolute atomic E-state index is 5.19. The Hall–Kier alpha value is -2.33. The van der Waals surface area contributed by atoms with Crippen molar-refractivity contribution in [3.8, 4) is 0 Å². The fourth-order valence-corrected chi connectivity index (χ4v) is 6.04. The summed E-state index contributed by atoms with van der Waals surface area (Å²) in [6, 6.07) is 8.79. The van der Waals surface area contributed by atoms with Gasteiger partial charge in [-0.2, -0.15) is 0 Å². The molecule has 2 aromatic heterocycles. The van der Waals surface area contributed by atoms with Gasteiger partial charge in [-0.15, -0.1) is 0 Å². The summed E-state index contributed by atoms with van der Waals surface area (Å²) < 4.78 is 2.59. The Morgan fingerprint density at radius 1 is 0.806 bits per heavy atom. The number of likely N-dealkylation sites (tertiary alicyclic amines) is 1. The van der Waals surface area contributed by atoms with Crippen LogP contribution in [0.2, 0.25) is 0 Å². The van der Waals surface area contributed by atoms with E-state index in [9.17, 15) is 0 Å². The predicted octanol–water partition coefficient (Wildman–Crippen LogP) is 4.02. The first-order chi connectivity index (χ1) is 15.4. The largest absolute Gasteiger partial charge is 0.369 e. The number of nitrogens with zero attached hydrogens (tertiary/aromatic N) is 4. The van der Waals surface area contributed by atoms with Gasteiger partial charge in [0.05, 0.1) is 22.2 Å². The zero-order chi connectivity index (χ0) is 20.6. The standard InChI is InChI=1S/C27H34N4/c1-2-8-16-29(15-7-1)17-9-18-30-19-10-20-31-24-14-6-4-12-22(24)25-27(31)26(30)21-11-3-5-13-23(21)28-25/h3,5,11-14H,1-2,4,6-10,15-20H2. The smallest absolute Gasteiger partial charge is 0.0985 e. The van der Waals surface area contributed by atoms with Crippen molar-refractivity contribution in [1.82, 2.24) is 14.5 Å². The summed E-state index contributed by atoms with van der Waals surface area (Å²) in [5.74, 6) is 0. The molecule has 4 heteroatoms. The monoisotopic (exact) mass is 414 g/mol. The highest BCUT2D eigenvalue weighted by molar-refractivity contribution is 6.07. The topological polar surface area (TPSA) is 24.3 Å². The Morgan fingerprint density at radius 3 is 2.55 bits per heavy atom. The molecule has 31 heavy (non-hydrogen) atoms. The Morgan fingerprint density at radius 2 is 1.65 bits per heavy atom. The molecule has 2 aliphatic heterocycles. The molecule has 3 aliphatic rings. The van der Waals surface area contributed by atoms with E-state index in [1.807, 2.05) is 0 Å². The number of hydrogen-bond acceptors (Lipinski definition) is 3. The zero-order valence-electron chi connectivity index (χ0n) is 18.7. The number of anilines is 1. The molecule has 6 rings (SSSR count). The van der Waals surface area contributed by atoms with Crippen LogP contribution in [0.5, 0.6) is 0 Å². The second-order valence-electron chi connectivity index (χ2n) is 9.56. The van der Waals surface area contributed by atoms with Gasteiger partial charge < -0.3 is 14.4 Å². The number of fused-ring (bicyclic) bond motifs is 5. The third kappa shape index (κ3) is 3.45. The Labute approximate surface area is 184 Å². The molecule has 0 spiro atoms. The average Bonchev–Trinajstić information content (AvgIpc) is 3.00. The van der Waals surface area contributed by atoms with Crippen molar-refractivity contribution in [1.29, 1.82) is 0 Å². The van der Waals surface area contributed by atoms with E-state index < -0.39 is 0 Å². The molecule has 1 aliphatic carbocycles. The second-order valence-corrected chi connectivity index (χ2v) is 9.56. The fourth-order valence-electron chi connectivity index (χ4n) is 6.04. The third-order valence-corrected chi connectivity index (χ3v) is 7.51. The first-order valence-corrected chi connectivity index (χ1v) is 12.5. The van der Waals surface area contributed by atoms with Gasteiger partial charge in [0.25, 0.3) is 0 Å². The van der Waals surface area contributed by atoms with Crippen LogP contribution in [0.3, 0.4) is 0 Å². The maximum atomic E-state index is 5.19. The summed E-state index contributed by atoms with van der Waals surface area (Å²) in [4.78, 5) is 10.6. The van der Waals surface area contributed by atoms with Crippen molar-refractivity contribution in [2.75, 3.05) is 37.6 Å². The van der Waals surface area contributed by atoms with Gasteiger partial charge in [-0.1, -0.05) is 43.2 Å². The molecule has 0 unspecified atom stereocenters. The number of aryl methyl sites for hydroxylation is 1. The summed E-state index contributed by atoms with van der Waals surface area (Å²) in [6.45, 7) is 7.22. The summed E-state index contributed by atoms with van der Waals surface area (Å²) >= 11 is 0. The molecule has 1 fully saturated rings. The molecule has 0 bridgehead atoms. The molecule has 162 valence electrons. The minimum absolute atomic E-state index is 1.10. The van der Waals surface area contributed by atoms with Crippen molar-refractivity contribution in [3.63, 3.8) is 0 Å².